The highest BCUT2D eigenvalue weighted by Gasteiger charge is 2.26. The molecule has 0 aromatic carbocycles. The minimum absolute atomic E-state index is 0.317. The van der Waals surface area contributed by atoms with E-state index >= 15 is 0 Å². The summed E-state index contributed by atoms with van der Waals surface area (Å²) >= 11 is 0. The average molecular weight is 283 g/mol. The molecule has 0 saturated carbocycles. The third-order valence-electron chi connectivity index (χ3n) is 3.98. The number of hydrogen-bond acceptors (Lipinski definition) is 1. The summed E-state index contributed by atoms with van der Waals surface area (Å²) in [7, 11) is 1.77. The largest absolute Gasteiger partial charge is 0.297 e. The lowest BCUT2D eigenvalue weighted by molar-refractivity contribution is 0.377. The summed E-state index contributed by atoms with van der Waals surface area (Å²) in [4.78, 5) is 3.89. The molecule has 0 aliphatic heterocycles. The van der Waals surface area contributed by atoms with E-state index in [1.165, 1.54) is 30.4 Å². The zero-order chi connectivity index (χ0) is 15.7. The van der Waals surface area contributed by atoms with Crippen molar-refractivity contribution in [1.29, 1.82) is 0 Å². The maximum Gasteiger partial charge on any atom is 0.0277 e. The molecule has 0 N–H and O–H groups in total. The molecular formula is C20H29N. The topological polar surface area (TPSA) is 12.4 Å². The number of allylic oxidation sites excluding steroid dienone is 10. The molecule has 0 spiro atoms. The molecule has 0 radical (unpaired) electrons. The van der Waals surface area contributed by atoms with Crippen molar-refractivity contribution in [1.82, 2.24) is 0 Å². The number of nitrogens with zero attached hydrogens (tertiary/aromatic N) is 1. The Morgan fingerprint density at radius 2 is 1.86 bits per heavy atom. The van der Waals surface area contributed by atoms with Gasteiger partial charge in [0.25, 0.3) is 0 Å². The molecule has 0 saturated heterocycles. The van der Waals surface area contributed by atoms with Crippen LogP contribution in [0.2, 0.25) is 0 Å². The smallest absolute Gasteiger partial charge is 0.0277 e. The first-order valence-corrected chi connectivity index (χ1v) is 7.78. The van der Waals surface area contributed by atoms with E-state index in [2.05, 4.69) is 57.0 Å². The fourth-order valence-electron chi connectivity index (χ4n) is 2.75. The van der Waals surface area contributed by atoms with E-state index < -0.39 is 0 Å². The molecule has 0 atom stereocenters. The van der Waals surface area contributed by atoms with E-state index in [0.717, 1.165) is 0 Å². The SMILES string of the molecule is CN=C/C=C/C=C\C=C(C)\C=C\C1=C(C)CCCC1(C)C. The molecule has 0 bridgehead atoms. The van der Waals surface area contributed by atoms with Crippen LogP contribution in [-0.4, -0.2) is 13.3 Å². The van der Waals surface area contributed by atoms with Crippen molar-refractivity contribution in [3.8, 4) is 0 Å². The highest BCUT2D eigenvalue weighted by Crippen LogP contribution is 2.40. The minimum atomic E-state index is 0.317. The molecule has 0 amide bonds. The number of aliphatic imine (C=N–C) groups is 1. The van der Waals surface area contributed by atoms with Crippen molar-refractivity contribution in [2.45, 2.75) is 47.0 Å². The Bertz CT molecular complexity index is 508. The maximum atomic E-state index is 3.89. The minimum Gasteiger partial charge on any atom is -0.297 e. The van der Waals surface area contributed by atoms with Crippen molar-refractivity contribution in [3.63, 3.8) is 0 Å². The van der Waals surface area contributed by atoms with Crippen LogP contribution in [0.15, 0.2) is 64.2 Å². The van der Waals surface area contributed by atoms with Gasteiger partial charge in [0.1, 0.15) is 0 Å². The van der Waals surface area contributed by atoms with Crippen LogP contribution in [0.3, 0.4) is 0 Å². The van der Waals surface area contributed by atoms with Crippen LogP contribution in [0.1, 0.15) is 47.0 Å². The molecular weight excluding hydrogens is 254 g/mol. The molecule has 0 heterocycles. The predicted octanol–water partition coefficient (Wildman–Crippen LogP) is 5.83. The average Bonchev–Trinajstić information content (AvgIpc) is 2.41. The first-order chi connectivity index (χ1) is 9.97. The fourth-order valence-corrected chi connectivity index (χ4v) is 2.75. The fraction of sp³-hybridized carbons (Fsp3) is 0.450. The molecule has 0 fully saturated rings. The molecule has 1 rings (SSSR count). The Kier molecular flexibility index (Phi) is 7.14. The monoisotopic (exact) mass is 283 g/mol. The third kappa shape index (κ3) is 6.12. The zero-order valence-electron chi connectivity index (χ0n) is 14.2. The van der Waals surface area contributed by atoms with E-state index in [9.17, 15) is 0 Å². The highest BCUT2D eigenvalue weighted by molar-refractivity contribution is 5.71. The van der Waals surface area contributed by atoms with Gasteiger partial charge in [0.2, 0.25) is 0 Å². The van der Waals surface area contributed by atoms with Gasteiger partial charge in [-0.3, -0.25) is 4.99 Å². The van der Waals surface area contributed by atoms with Crippen molar-refractivity contribution < 1.29 is 0 Å². The van der Waals surface area contributed by atoms with Gasteiger partial charge in [-0.2, -0.15) is 0 Å². The van der Waals surface area contributed by atoms with Crippen molar-refractivity contribution in [3.05, 3.63) is 59.3 Å². The third-order valence-corrected chi connectivity index (χ3v) is 3.98. The summed E-state index contributed by atoms with van der Waals surface area (Å²) in [6.07, 6.45) is 20.3. The van der Waals surface area contributed by atoms with Gasteiger partial charge >= 0.3 is 0 Å². The molecule has 0 unspecified atom stereocenters. The molecule has 1 heteroatoms. The van der Waals surface area contributed by atoms with Gasteiger partial charge in [-0.1, -0.05) is 61.4 Å². The van der Waals surface area contributed by atoms with Crippen molar-refractivity contribution >= 4 is 6.21 Å². The number of rotatable bonds is 5. The second-order valence-corrected chi connectivity index (χ2v) is 6.35. The standard InChI is InChI=1S/C20H29N/c1-17(11-8-6-7-9-16-21-5)13-14-19-18(2)12-10-15-20(19,3)4/h6-9,11,13-14,16H,10,12,15H2,1-5H3/b8-6-,9-7+,14-13+,17-11+,21-16?. The summed E-state index contributed by atoms with van der Waals surface area (Å²) in [5.74, 6) is 0. The second kappa shape index (κ2) is 8.61. The van der Waals surface area contributed by atoms with Gasteiger partial charge in [0.05, 0.1) is 0 Å². The van der Waals surface area contributed by atoms with E-state index in [-0.39, 0.29) is 0 Å². The molecule has 1 aliphatic rings. The summed E-state index contributed by atoms with van der Waals surface area (Å²) in [6.45, 7) is 9.13. The maximum absolute atomic E-state index is 3.89. The predicted molar refractivity (Wildman–Crippen MR) is 95.9 cm³/mol. The Morgan fingerprint density at radius 3 is 2.52 bits per heavy atom. The van der Waals surface area contributed by atoms with E-state index in [4.69, 9.17) is 0 Å². The Balaban J connectivity index is 2.71. The summed E-state index contributed by atoms with van der Waals surface area (Å²) in [5.41, 5.74) is 4.65. The van der Waals surface area contributed by atoms with E-state index in [1.54, 1.807) is 18.8 Å². The van der Waals surface area contributed by atoms with Crippen LogP contribution in [-0.2, 0) is 0 Å². The molecule has 1 aliphatic carbocycles. The lowest BCUT2D eigenvalue weighted by atomic mass is 9.72. The molecule has 1 nitrogen and oxygen atoms in total. The summed E-state index contributed by atoms with van der Waals surface area (Å²) in [6, 6.07) is 0. The van der Waals surface area contributed by atoms with Gasteiger partial charge in [0.15, 0.2) is 0 Å². The van der Waals surface area contributed by atoms with Gasteiger partial charge in [0, 0.05) is 13.3 Å². The van der Waals surface area contributed by atoms with Crippen LogP contribution < -0.4 is 0 Å². The number of hydrogen-bond donors (Lipinski definition) is 0. The van der Waals surface area contributed by atoms with Crippen molar-refractivity contribution in [2.24, 2.45) is 10.4 Å². The van der Waals surface area contributed by atoms with E-state index in [1.807, 2.05) is 18.2 Å². The van der Waals surface area contributed by atoms with E-state index in [0.29, 0.717) is 5.41 Å². The summed E-state index contributed by atoms with van der Waals surface area (Å²) < 4.78 is 0. The van der Waals surface area contributed by atoms with Crippen LogP contribution >= 0.6 is 0 Å². The van der Waals surface area contributed by atoms with Crippen LogP contribution in [0.5, 0.6) is 0 Å². The van der Waals surface area contributed by atoms with Crippen molar-refractivity contribution in [2.75, 3.05) is 7.05 Å². The summed E-state index contributed by atoms with van der Waals surface area (Å²) in [5, 5.41) is 0. The van der Waals surface area contributed by atoms with Crippen LogP contribution in [0, 0.1) is 5.41 Å². The lowest BCUT2D eigenvalue weighted by Gasteiger charge is -2.32. The zero-order valence-corrected chi connectivity index (χ0v) is 14.2. The Hall–Kier alpha value is -1.63. The van der Waals surface area contributed by atoms with Crippen LogP contribution in [0.4, 0.5) is 0 Å². The molecule has 114 valence electrons. The normalized spacial score (nSPS) is 20.7. The molecule has 21 heavy (non-hydrogen) atoms. The highest BCUT2D eigenvalue weighted by atomic mass is 14.6. The molecule has 0 aromatic heterocycles. The quantitative estimate of drug-likeness (QED) is 0.445. The Labute approximate surface area is 130 Å². The first-order valence-electron chi connectivity index (χ1n) is 7.78. The second-order valence-electron chi connectivity index (χ2n) is 6.35. The first kappa shape index (κ1) is 17.4. The lowest BCUT2D eigenvalue weighted by Crippen LogP contribution is -2.19. The Morgan fingerprint density at radius 1 is 1.14 bits per heavy atom. The van der Waals surface area contributed by atoms with Gasteiger partial charge in [-0.25, -0.2) is 0 Å². The van der Waals surface area contributed by atoms with Gasteiger partial charge in [-0.15, -0.1) is 0 Å². The molecule has 0 aromatic rings. The van der Waals surface area contributed by atoms with Gasteiger partial charge < -0.3 is 0 Å². The van der Waals surface area contributed by atoms with Gasteiger partial charge in [-0.05, 0) is 50.2 Å². The van der Waals surface area contributed by atoms with Crippen LogP contribution in [0.25, 0.3) is 0 Å².